The molecule has 0 aliphatic carbocycles. The minimum absolute atomic E-state index is 0.428. The largest absolute Gasteiger partial charge is 0.367 e. The van der Waals surface area contributed by atoms with Crippen LogP contribution in [0.1, 0.15) is 18.9 Å². The van der Waals surface area contributed by atoms with Crippen LogP contribution in [-0.4, -0.2) is 19.1 Å². The van der Waals surface area contributed by atoms with Crippen molar-refractivity contribution in [3.05, 3.63) is 28.8 Å². The molecule has 3 nitrogen and oxygen atoms in total. The molecular formula is C13H16ClN3. The maximum Gasteiger partial charge on any atom is 0.101 e. The number of hydrogen-bond acceptors (Lipinski definition) is 3. The third-order valence-corrected chi connectivity index (χ3v) is 3.62. The van der Waals surface area contributed by atoms with Crippen molar-refractivity contribution >= 4 is 17.3 Å². The van der Waals surface area contributed by atoms with Gasteiger partial charge >= 0.3 is 0 Å². The lowest BCUT2D eigenvalue weighted by Crippen LogP contribution is -2.28. The minimum Gasteiger partial charge on any atom is -0.367 e. The Kier molecular flexibility index (Phi) is 3.56. The summed E-state index contributed by atoms with van der Waals surface area (Å²) in [5.74, 6) is 0.521. The van der Waals surface area contributed by atoms with Crippen LogP contribution in [0.5, 0.6) is 0 Å². The molecule has 0 aromatic heterocycles. The SMILES string of the molecule is CC1CC(CN)CN1c1ccc(Cl)cc1C#N. The molecule has 1 aromatic rings. The summed E-state index contributed by atoms with van der Waals surface area (Å²) in [6, 6.07) is 8.12. The first-order valence-corrected chi connectivity index (χ1v) is 6.20. The lowest BCUT2D eigenvalue weighted by Gasteiger charge is -2.25. The van der Waals surface area contributed by atoms with Gasteiger partial charge in [-0.05, 0) is 44.0 Å². The van der Waals surface area contributed by atoms with Crippen molar-refractivity contribution in [2.24, 2.45) is 11.7 Å². The van der Waals surface area contributed by atoms with E-state index in [2.05, 4.69) is 17.9 Å². The number of nitrogens with zero attached hydrogens (tertiary/aromatic N) is 2. The standard InChI is InChI=1S/C13H16ClN3/c1-9-4-10(6-15)8-17(9)13-3-2-12(14)5-11(13)7-16/h2-3,5,9-10H,4,6,8,15H2,1H3. The van der Waals surface area contributed by atoms with E-state index in [1.807, 2.05) is 12.1 Å². The van der Waals surface area contributed by atoms with Crippen LogP contribution in [0.2, 0.25) is 5.02 Å². The van der Waals surface area contributed by atoms with Crippen LogP contribution >= 0.6 is 11.6 Å². The molecule has 0 saturated carbocycles. The summed E-state index contributed by atoms with van der Waals surface area (Å²) in [5.41, 5.74) is 7.33. The summed E-state index contributed by atoms with van der Waals surface area (Å²) in [6.45, 7) is 3.80. The normalized spacial score (nSPS) is 23.8. The van der Waals surface area contributed by atoms with Gasteiger partial charge in [-0.2, -0.15) is 5.26 Å². The van der Waals surface area contributed by atoms with E-state index in [1.54, 1.807) is 6.07 Å². The number of anilines is 1. The molecule has 1 aromatic carbocycles. The van der Waals surface area contributed by atoms with Crippen LogP contribution in [0.3, 0.4) is 0 Å². The molecule has 0 bridgehead atoms. The molecule has 17 heavy (non-hydrogen) atoms. The van der Waals surface area contributed by atoms with Crippen LogP contribution in [0.25, 0.3) is 0 Å². The lowest BCUT2D eigenvalue weighted by molar-refractivity contribution is 0.579. The van der Waals surface area contributed by atoms with Crippen molar-refractivity contribution in [3.63, 3.8) is 0 Å². The Morgan fingerprint density at radius 3 is 2.94 bits per heavy atom. The van der Waals surface area contributed by atoms with Gasteiger partial charge in [0.05, 0.1) is 11.3 Å². The molecule has 1 heterocycles. The van der Waals surface area contributed by atoms with Gasteiger partial charge in [-0.3, -0.25) is 0 Å². The number of benzene rings is 1. The molecule has 2 unspecified atom stereocenters. The molecule has 4 heteroatoms. The fourth-order valence-electron chi connectivity index (χ4n) is 2.50. The summed E-state index contributed by atoms with van der Waals surface area (Å²) in [7, 11) is 0. The Hall–Kier alpha value is -1.24. The van der Waals surface area contributed by atoms with Crippen LogP contribution < -0.4 is 10.6 Å². The predicted octanol–water partition coefficient (Wildman–Crippen LogP) is 2.39. The Morgan fingerprint density at radius 1 is 1.59 bits per heavy atom. The minimum atomic E-state index is 0.428. The first-order valence-electron chi connectivity index (χ1n) is 5.82. The Labute approximate surface area is 107 Å². The van der Waals surface area contributed by atoms with E-state index >= 15 is 0 Å². The highest BCUT2D eigenvalue weighted by atomic mass is 35.5. The van der Waals surface area contributed by atoms with E-state index < -0.39 is 0 Å². The van der Waals surface area contributed by atoms with Crippen molar-refractivity contribution < 1.29 is 0 Å². The maximum absolute atomic E-state index is 9.15. The maximum atomic E-state index is 9.15. The van der Waals surface area contributed by atoms with Crippen molar-refractivity contribution in [1.82, 2.24) is 0 Å². The van der Waals surface area contributed by atoms with Crippen LogP contribution in [0.4, 0.5) is 5.69 Å². The van der Waals surface area contributed by atoms with Gasteiger partial charge in [0.2, 0.25) is 0 Å². The molecule has 1 saturated heterocycles. The van der Waals surface area contributed by atoms with Crippen LogP contribution in [0, 0.1) is 17.2 Å². The van der Waals surface area contributed by atoms with Gasteiger partial charge in [0.1, 0.15) is 6.07 Å². The highest BCUT2D eigenvalue weighted by molar-refractivity contribution is 6.30. The molecule has 2 rings (SSSR count). The Bertz CT molecular complexity index is 452. The highest BCUT2D eigenvalue weighted by Gasteiger charge is 2.29. The Morgan fingerprint density at radius 2 is 2.35 bits per heavy atom. The number of nitriles is 1. The molecular weight excluding hydrogens is 234 g/mol. The highest BCUT2D eigenvalue weighted by Crippen LogP contribution is 2.32. The molecule has 90 valence electrons. The zero-order chi connectivity index (χ0) is 12.4. The van der Waals surface area contributed by atoms with Gasteiger partial charge in [-0.15, -0.1) is 0 Å². The topological polar surface area (TPSA) is 53.0 Å². The van der Waals surface area contributed by atoms with E-state index in [1.165, 1.54) is 0 Å². The average molecular weight is 250 g/mol. The fourth-order valence-corrected chi connectivity index (χ4v) is 2.67. The molecule has 0 spiro atoms. The second-order valence-electron chi connectivity index (χ2n) is 4.61. The molecule has 0 radical (unpaired) electrons. The number of nitrogens with two attached hydrogens (primary N) is 1. The smallest absolute Gasteiger partial charge is 0.101 e. The van der Waals surface area contributed by atoms with Gasteiger partial charge in [-0.25, -0.2) is 0 Å². The second kappa shape index (κ2) is 4.95. The predicted molar refractivity (Wildman–Crippen MR) is 70.1 cm³/mol. The molecule has 1 aliphatic heterocycles. The molecule has 0 amide bonds. The first kappa shape index (κ1) is 12.2. The zero-order valence-electron chi connectivity index (χ0n) is 9.86. The van der Waals surface area contributed by atoms with Crippen molar-refractivity contribution in [2.45, 2.75) is 19.4 Å². The van der Waals surface area contributed by atoms with E-state index in [-0.39, 0.29) is 0 Å². The summed E-state index contributed by atoms with van der Waals surface area (Å²) < 4.78 is 0. The van der Waals surface area contributed by atoms with Gasteiger partial charge in [0, 0.05) is 17.6 Å². The molecule has 2 N–H and O–H groups in total. The van der Waals surface area contributed by atoms with E-state index in [0.717, 1.165) is 18.7 Å². The number of rotatable bonds is 2. The summed E-state index contributed by atoms with van der Waals surface area (Å²) >= 11 is 5.90. The molecule has 2 atom stereocenters. The van der Waals surface area contributed by atoms with Gasteiger partial charge in [0.25, 0.3) is 0 Å². The monoisotopic (exact) mass is 249 g/mol. The summed E-state index contributed by atoms with van der Waals surface area (Å²) in [4.78, 5) is 2.26. The van der Waals surface area contributed by atoms with Crippen molar-refractivity contribution in [3.8, 4) is 6.07 Å². The summed E-state index contributed by atoms with van der Waals surface area (Å²) in [6.07, 6.45) is 1.09. The number of hydrogen-bond donors (Lipinski definition) is 1. The van der Waals surface area contributed by atoms with Crippen molar-refractivity contribution in [1.29, 1.82) is 5.26 Å². The van der Waals surface area contributed by atoms with Gasteiger partial charge in [-0.1, -0.05) is 11.6 Å². The molecule has 1 fully saturated rings. The fraction of sp³-hybridized carbons (Fsp3) is 0.462. The molecule has 1 aliphatic rings. The zero-order valence-corrected chi connectivity index (χ0v) is 10.6. The van der Waals surface area contributed by atoms with Crippen molar-refractivity contribution in [2.75, 3.05) is 18.0 Å². The summed E-state index contributed by atoms with van der Waals surface area (Å²) in [5, 5.41) is 9.76. The third kappa shape index (κ3) is 2.38. The Balaban J connectivity index is 2.32. The van der Waals surface area contributed by atoms with E-state index in [9.17, 15) is 0 Å². The van der Waals surface area contributed by atoms with Crippen LogP contribution in [0.15, 0.2) is 18.2 Å². The third-order valence-electron chi connectivity index (χ3n) is 3.38. The first-order chi connectivity index (χ1) is 8.15. The average Bonchev–Trinajstić information content (AvgIpc) is 2.70. The van der Waals surface area contributed by atoms with Gasteiger partial charge < -0.3 is 10.6 Å². The lowest BCUT2D eigenvalue weighted by atomic mass is 10.1. The van der Waals surface area contributed by atoms with E-state index in [4.69, 9.17) is 22.6 Å². The van der Waals surface area contributed by atoms with E-state index in [0.29, 0.717) is 29.1 Å². The van der Waals surface area contributed by atoms with Crippen LogP contribution in [-0.2, 0) is 0 Å². The number of halogens is 1. The quantitative estimate of drug-likeness (QED) is 0.876. The van der Waals surface area contributed by atoms with Gasteiger partial charge in [0.15, 0.2) is 0 Å². The second-order valence-corrected chi connectivity index (χ2v) is 5.05.